The van der Waals surface area contributed by atoms with Gasteiger partial charge in [-0.25, -0.2) is 4.68 Å². The Hall–Kier alpha value is -2.38. The van der Waals surface area contributed by atoms with Gasteiger partial charge in [0.1, 0.15) is 11.4 Å². The van der Waals surface area contributed by atoms with Crippen LogP contribution in [0, 0.1) is 5.92 Å². The maximum atomic E-state index is 12.5. The fourth-order valence-corrected chi connectivity index (χ4v) is 3.40. The minimum atomic E-state index is -0.0518. The Balaban J connectivity index is 1.59. The highest BCUT2D eigenvalue weighted by atomic mass is 16.5. The molecule has 1 aromatic heterocycles. The minimum absolute atomic E-state index is 0.0168. The predicted molar refractivity (Wildman–Crippen MR) is 98.1 cm³/mol. The van der Waals surface area contributed by atoms with Crippen LogP contribution < -0.4 is 15.8 Å². The van der Waals surface area contributed by atoms with Gasteiger partial charge in [0.2, 0.25) is 5.91 Å². The van der Waals surface area contributed by atoms with Crippen LogP contribution >= 0.6 is 0 Å². The molecule has 3 atom stereocenters. The Kier molecular flexibility index (Phi) is 5.90. The SMILES string of the molecule is COc1ccccc1-n1cc(CNC(=O)[C@H]2CC[C@@H](N)[C@H](OC)C2)cn1. The summed E-state index contributed by atoms with van der Waals surface area (Å²) >= 11 is 0. The molecule has 0 bridgehead atoms. The van der Waals surface area contributed by atoms with Gasteiger partial charge >= 0.3 is 0 Å². The van der Waals surface area contributed by atoms with E-state index in [4.69, 9.17) is 15.2 Å². The van der Waals surface area contributed by atoms with Crippen molar-refractivity contribution in [3.63, 3.8) is 0 Å². The van der Waals surface area contributed by atoms with Gasteiger partial charge in [0.15, 0.2) is 0 Å². The lowest BCUT2D eigenvalue weighted by atomic mass is 9.83. The van der Waals surface area contributed by atoms with Crippen LogP contribution in [0.3, 0.4) is 0 Å². The molecule has 0 radical (unpaired) electrons. The zero-order valence-corrected chi connectivity index (χ0v) is 15.2. The summed E-state index contributed by atoms with van der Waals surface area (Å²) in [5, 5.41) is 7.37. The average molecular weight is 358 g/mol. The van der Waals surface area contributed by atoms with E-state index in [0.717, 1.165) is 29.8 Å². The number of carbonyl (C=O) groups excluding carboxylic acids is 1. The van der Waals surface area contributed by atoms with Crippen LogP contribution in [0.15, 0.2) is 36.7 Å². The largest absolute Gasteiger partial charge is 0.494 e. The monoisotopic (exact) mass is 358 g/mol. The van der Waals surface area contributed by atoms with Crippen LogP contribution in [-0.2, 0) is 16.1 Å². The lowest BCUT2D eigenvalue weighted by Gasteiger charge is -2.32. The molecule has 140 valence electrons. The zero-order chi connectivity index (χ0) is 18.5. The number of nitrogens with zero attached hydrogens (tertiary/aromatic N) is 2. The zero-order valence-electron chi connectivity index (χ0n) is 15.2. The van der Waals surface area contributed by atoms with Crippen LogP contribution in [0.5, 0.6) is 5.75 Å². The predicted octanol–water partition coefficient (Wildman–Crippen LogP) is 1.64. The number of benzene rings is 1. The first-order chi connectivity index (χ1) is 12.6. The molecule has 1 saturated carbocycles. The number of carbonyl (C=O) groups is 1. The number of hydrogen-bond acceptors (Lipinski definition) is 5. The molecule has 7 nitrogen and oxygen atoms in total. The summed E-state index contributed by atoms with van der Waals surface area (Å²) in [7, 11) is 3.28. The van der Waals surface area contributed by atoms with Gasteiger partial charge in [0, 0.05) is 37.4 Å². The summed E-state index contributed by atoms with van der Waals surface area (Å²) in [6.45, 7) is 0.439. The van der Waals surface area contributed by atoms with Crippen LogP contribution in [0.25, 0.3) is 5.69 Å². The Bertz CT molecular complexity index is 746. The smallest absolute Gasteiger partial charge is 0.223 e. The Morgan fingerprint density at radius 3 is 2.92 bits per heavy atom. The Morgan fingerprint density at radius 1 is 1.35 bits per heavy atom. The van der Waals surface area contributed by atoms with E-state index in [2.05, 4.69) is 10.4 Å². The maximum absolute atomic E-state index is 12.5. The molecule has 26 heavy (non-hydrogen) atoms. The molecular weight excluding hydrogens is 332 g/mol. The van der Waals surface area contributed by atoms with Gasteiger partial charge < -0.3 is 20.5 Å². The highest BCUT2D eigenvalue weighted by Crippen LogP contribution is 2.26. The standard InChI is InChI=1S/C19H26N4O3/c1-25-17-6-4-3-5-16(17)23-12-13(11-22-23)10-21-19(24)14-7-8-15(20)18(9-14)26-2/h3-6,11-12,14-15,18H,7-10,20H2,1-2H3,(H,21,24)/t14-,15+,18+/m0/s1. The van der Waals surface area contributed by atoms with E-state index in [1.54, 1.807) is 25.1 Å². The fourth-order valence-electron chi connectivity index (χ4n) is 3.40. The van der Waals surface area contributed by atoms with Crippen LogP contribution in [0.2, 0.25) is 0 Å². The highest BCUT2D eigenvalue weighted by Gasteiger charge is 2.31. The van der Waals surface area contributed by atoms with Crippen molar-refractivity contribution in [2.75, 3.05) is 14.2 Å². The van der Waals surface area contributed by atoms with Gasteiger partial charge in [0.25, 0.3) is 0 Å². The van der Waals surface area contributed by atoms with Gasteiger partial charge in [-0.3, -0.25) is 4.79 Å². The summed E-state index contributed by atoms with van der Waals surface area (Å²) < 4.78 is 12.5. The van der Waals surface area contributed by atoms with Gasteiger partial charge in [0.05, 0.1) is 19.4 Å². The van der Waals surface area contributed by atoms with Crippen LogP contribution in [-0.4, -0.2) is 42.1 Å². The van der Waals surface area contributed by atoms with Gasteiger partial charge in [-0.15, -0.1) is 0 Å². The van der Waals surface area contributed by atoms with E-state index >= 15 is 0 Å². The number of para-hydroxylation sites is 2. The molecule has 1 aliphatic carbocycles. The molecule has 1 aromatic carbocycles. The Morgan fingerprint density at radius 2 is 2.15 bits per heavy atom. The van der Waals surface area contributed by atoms with Crippen molar-refractivity contribution in [3.8, 4) is 11.4 Å². The van der Waals surface area contributed by atoms with Crippen molar-refractivity contribution >= 4 is 5.91 Å². The molecule has 1 heterocycles. The molecule has 1 aliphatic rings. The Labute approximate surface area is 153 Å². The van der Waals surface area contributed by atoms with Crippen molar-refractivity contribution in [1.82, 2.24) is 15.1 Å². The van der Waals surface area contributed by atoms with Crippen molar-refractivity contribution in [2.45, 2.75) is 38.0 Å². The first kappa shape index (κ1) is 18.4. The van der Waals surface area contributed by atoms with E-state index in [9.17, 15) is 4.79 Å². The van der Waals surface area contributed by atoms with Crippen LogP contribution in [0.4, 0.5) is 0 Å². The van der Waals surface area contributed by atoms with Crippen molar-refractivity contribution < 1.29 is 14.3 Å². The highest BCUT2D eigenvalue weighted by molar-refractivity contribution is 5.78. The molecule has 1 amide bonds. The molecule has 7 heteroatoms. The van der Waals surface area contributed by atoms with E-state index < -0.39 is 0 Å². The maximum Gasteiger partial charge on any atom is 0.223 e. The minimum Gasteiger partial charge on any atom is -0.494 e. The first-order valence-corrected chi connectivity index (χ1v) is 8.85. The quantitative estimate of drug-likeness (QED) is 0.819. The lowest BCUT2D eigenvalue weighted by molar-refractivity contribution is -0.128. The van der Waals surface area contributed by atoms with E-state index in [-0.39, 0.29) is 24.0 Å². The molecule has 0 aliphatic heterocycles. The summed E-state index contributed by atoms with van der Waals surface area (Å²) in [6, 6.07) is 7.68. The number of amides is 1. The van der Waals surface area contributed by atoms with Gasteiger partial charge in [-0.2, -0.15) is 5.10 Å². The normalized spacial score (nSPS) is 22.8. The number of nitrogens with two attached hydrogens (primary N) is 1. The fraction of sp³-hybridized carbons (Fsp3) is 0.474. The third kappa shape index (κ3) is 4.05. The van der Waals surface area contributed by atoms with E-state index in [1.807, 2.05) is 30.5 Å². The average Bonchev–Trinajstić information content (AvgIpc) is 3.15. The number of aromatic nitrogens is 2. The second-order valence-electron chi connectivity index (χ2n) is 6.63. The number of nitrogens with one attached hydrogen (secondary N) is 1. The molecule has 0 spiro atoms. The first-order valence-electron chi connectivity index (χ1n) is 8.85. The third-order valence-electron chi connectivity index (χ3n) is 4.95. The molecule has 3 rings (SSSR count). The number of methoxy groups -OCH3 is 2. The van der Waals surface area contributed by atoms with Crippen LogP contribution in [0.1, 0.15) is 24.8 Å². The molecule has 1 fully saturated rings. The second kappa shape index (κ2) is 8.33. The van der Waals surface area contributed by atoms with Gasteiger partial charge in [-0.1, -0.05) is 12.1 Å². The van der Waals surface area contributed by atoms with Crippen molar-refractivity contribution in [3.05, 3.63) is 42.2 Å². The summed E-state index contributed by atoms with van der Waals surface area (Å²) in [6.07, 6.45) is 5.88. The number of ether oxygens (including phenoxy) is 2. The number of rotatable bonds is 6. The summed E-state index contributed by atoms with van der Waals surface area (Å²) in [4.78, 5) is 12.5. The van der Waals surface area contributed by atoms with Gasteiger partial charge in [-0.05, 0) is 31.4 Å². The second-order valence-corrected chi connectivity index (χ2v) is 6.63. The molecule has 2 aromatic rings. The van der Waals surface area contributed by atoms with Crippen molar-refractivity contribution in [1.29, 1.82) is 0 Å². The number of hydrogen-bond donors (Lipinski definition) is 2. The lowest BCUT2D eigenvalue weighted by Crippen LogP contribution is -2.45. The third-order valence-corrected chi connectivity index (χ3v) is 4.95. The molecule has 3 N–H and O–H groups in total. The van der Waals surface area contributed by atoms with E-state index in [0.29, 0.717) is 13.0 Å². The van der Waals surface area contributed by atoms with E-state index in [1.165, 1.54) is 0 Å². The summed E-state index contributed by atoms with van der Waals surface area (Å²) in [5.74, 6) is 0.739. The topological polar surface area (TPSA) is 91.4 Å². The molecule has 0 saturated heterocycles. The summed E-state index contributed by atoms with van der Waals surface area (Å²) in [5.41, 5.74) is 7.81. The molecular formula is C19H26N4O3. The molecule has 0 unspecified atom stereocenters. The van der Waals surface area contributed by atoms with Crippen molar-refractivity contribution in [2.24, 2.45) is 11.7 Å².